The topological polar surface area (TPSA) is 69.3 Å². The summed E-state index contributed by atoms with van der Waals surface area (Å²) in [6, 6.07) is 9.59. The third-order valence-corrected chi connectivity index (χ3v) is 5.10. The molecule has 156 valence electrons. The van der Waals surface area contributed by atoms with E-state index in [-0.39, 0.29) is 5.91 Å². The monoisotopic (exact) mass is 400 g/mol. The zero-order chi connectivity index (χ0) is 20.8. The molecule has 0 fully saturated rings. The number of aryl methyl sites for hydroxylation is 1. The summed E-state index contributed by atoms with van der Waals surface area (Å²) in [7, 11) is 6.41. The number of anilines is 1. The molecule has 1 aliphatic rings. The second kappa shape index (κ2) is 9.41. The molecule has 3 rings (SSSR count). The summed E-state index contributed by atoms with van der Waals surface area (Å²) in [6.45, 7) is 1.49. The average molecular weight is 400 g/mol. The van der Waals surface area contributed by atoms with Gasteiger partial charge in [0.2, 0.25) is 5.91 Å². The van der Waals surface area contributed by atoms with Crippen molar-refractivity contribution in [3.63, 3.8) is 0 Å². The number of nitrogens with one attached hydrogen (secondary N) is 1. The maximum absolute atomic E-state index is 12.6. The van der Waals surface area contributed by atoms with Crippen LogP contribution in [0.1, 0.15) is 17.5 Å². The number of carbonyl (C=O) groups is 1. The van der Waals surface area contributed by atoms with Crippen LogP contribution >= 0.6 is 0 Å². The van der Waals surface area contributed by atoms with E-state index in [0.717, 1.165) is 36.4 Å². The van der Waals surface area contributed by atoms with Crippen molar-refractivity contribution in [2.24, 2.45) is 0 Å². The Labute approximate surface area is 171 Å². The Hall–Kier alpha value is -3.09. The quantitative estimate of drug-likeness (QED) is 0.735. The highest BCUT2D eigenvalue weighted by Gasteiger charge is 2.20. The Bertz CT molecular complexity index is 869. The van der Waals surface area contributed by atoms with Crippen molar-refractivity contribution in [2.75, 3.05) is 46.4 Å². The Kier molecular flexibility index (Phi) is 6.69. The van der Waals surface area contributed by atoms with Gasteiger partial charge in [-0.25, -0.2) is 0 Å². The summed E-state index contributed by atoms with van der Waals surface area (Å²) in [6.07, 6.45) is 2.00. The molecule has 0 spiro atoms. The summed E-state index contributed by atoms with van der Waals surface area (Å²) in [5.41, 5.74) is 3.13. The van der Waals surface area contributed by atoms with Gasteiger partial charge in [0.25, 0.3) is 0 Å². The summed E-state index contributed by atoms with van der Waals surface area (Å²) in [5, 5.41) is 2.98. The lowest BCUT2D eigenvalue weighted by Gasteiger charge is -2.31. The van der Waals surface area contributed by atoms with Crippen molar-refractivity contribution < 1.29 is 23.7 Å². The normalized spacial score (nSPS) is 12.8. The fourth-order valence-electron chi connectivity index (χ4n) is 3.60. The van der Waals surface area contributed by atoms with Crippen LogP contribution in [0.2, 0.25) is 0 Å². The van der Waals surface area contributed by atoms with E-state index in [2.05, 4.69) is 10.2 Å². The van der Waals surface area contributed by atoms with Crippen LogP contribution in [0.3, 0.4) is 0 Å². The van der Waals surface area contributed by atoms with E-state index >= 15 is 0 Å². The smallest absolute Gasteiger partial charge is 0.239 e. The molecule has 2 aromatic carbocycles. The Morgan fingerprint density at radius 3 is 2.38 bits per heavy atom. The van der Waals surface area contributed by atoms with Gasteiger partial charge in [0.05, 0.1) is 35.0 Å². The van der Waals surface area contributed by atoms with Gasteiger partial charge in [-0.3, -0.25) is 4.79 Å². The molecule has 1 heterocycles. The third kappa shape index (κ3) is 4.67. The molecule has 0 aromatic heterocycles. The number of amides is 1. The molecule has 0 unspecified atom stereocenters. The second-order valence-electron chi connectivity index (χ2n) is 6.82. The highest BCUT2D eigenvalue weighted by atomic mass is 16.5. The van der Waals surface area contributed by atoms with Gasteiger partial charge in [-0.2, -0.15) is 0 Å². The van der Waals surface area contributed by atoms with Crippen LogP contribution in [0, 0.1) is 0 Å². The third-order valence-electron chi connectivity index (χ3n) is 5.10. The van der Waals surface area contributed by atoms with Crippen molar-refractivity contribution in [1.29, 1.82) is 0 Å². The molecule has 0 radical (unpaired) electrons. The molecule has 7 heteroatoms. The Morgan fingerprint density at radius 2 is 1.69 bits per heavy atom. The molecule has 2 aromatic rings. The van der Waals surface area contributed by atoms with Crippen molar-refractivity contribution >= 4 is 11.6 Å². The van der Waals surface area contributed by atoms with Crippen LogP contribution in [0.25, 0.3) is 0 Å². The zero-order valence-electron chi connectivity index (χ0n) is 17.4. The molecule has 0 saturated carbocycles. The van der Waals surface area contributed by atoms with Gasteiger partial charge in [0.15, 0.2) is 11.5 Å². The van der Waals surface area contributed by atoms with E-state index in [1.807, 2.05) is 24.3 Å². The van der Waals surface area contributed by atoms with E-state index in [0.29, 0.717) is 30.3 Å². The minimum absolute atomic E-state index is 0.0505. The van der Waals surface area contributed by atoms with E-state index in [9.17, 15) is 4.79 Å². The SMILES string of the molecule is COc1ccc2c(c1)CCCN2CC(=O)NCc1cc(OC)c(OC)cc1OC. The van der Waals surface area contributed by atoms with Crippen LogP contribution in [0.15, 0.2) is 30.3 Å². The summed E-state index contributed by atoms with van der Waals surface area (Å²) < 4.78 is 21.4. The van der Waals surface area contributed by atoms with Gasteiger partial charge in [0.1, 0.15) is 11.5 Å². The molecular formula is C22H28N2O5. The summed E-state index contributed by atoms with van der Waals surface area (Å²) in [4.78, 5) is 14.7. The molecule has 0 aliphatic carbocycles. The number of fused-ring (bicyclic) bond motifs is 1. The molecule has 1 amide bonds. The lowest BCUT2D eigenvalue weighted by molar-refractivity contribution is -0.119. The van der Waals surface area contributed by atoms with Crippen molar-refractivity contribution in [2.45, 2.75) is 19.4 Å². The fraction of sp³-hybridized carbons (Fsp3) is 0.409. The molecule has 29 heavy (non-hydrogen) atoms. The molecule has 0 saturated heterocycles. The number of hydrogen-bond donors (Lipinski definition) is 1. The number of methoxy groups -OCH3 is 4. The molecule has 1 N–H and O–H groups in total. The largest absolute Gasteiger partial charge is 0.497 e. The predicted octanol–water partition coefficient (Wildman–Crippen LogP) is 2.79. The molecular weight excluding hydrogens is 372 g/mol. The maximum Gasteiger partial charge on any atom is 0.239 e. The van der Waals surface area contributed by atoms with E-state index in [1.165, 1.54) is 5.56 Å². The minimum atomic E-state index is -0.0505. The van der Waals surface area contributed by atoms with E-state index < -0.39 is 0 Å². The first kappa shape index (κ1) is 20.6. The number of benzene rings is 2. The summed E-state index contributed by atoms with van der Waals surface area (Å²) in [5.74, 6) is 2.61. The average Bonchev–Trinajstić information content (AvgIpc) is 2.76. The Balaban J connectivity index is 1.67. The van der Waals surface area contributed by atoms with Gasteiger partial charge >= 0.3 is 0 Å². The minimum Gasteiger partial charge on any atom is -0.497 e. The van der Waals surface area contributed by atoms with E-state index in [4.69, 9.17) is 18.9 Å². The van der Waals surface area contributed by atoms with Gasteiger partial charge in [-0.05, 0) is 42.7 Å². The second-order valence-corrected chi connectivity index (χ2v) is 6.82. The van der Waals surface area contributed by atoms with Crippen LogP contribution < -0.4 is 29.2 Å². The van der Waals surface area contributed by atoms with Crippen molar-refractivity contribution in [1.82, 2.24) is 5.32 Å². The highest BCUT2D eigenvalue weighted by molar-refractivity contribution is 5.82. The zero-order valence-corrected chi connectivity index (χ0v) is 17.4. The number of nitrogens with zero attached hydrogens (tertiary/aromatic N) is 1. The number of hydrogen-bond acceptors (Lipinski definition) is 6. The van der Waals surface area contributed by atoms with Crippen LogP contribution in [-0.2, 0) is 17.8 Å². The van der Waals surface area contributed by atoms with Crippen LogP contribution in [-0.4, -0.2) is 47.4 Å². The van der Waals surface area contributed by atoms with Crippen LogP contribution in [0.5, 0.6) is 23.0 Å². The maximum atomic E-state index is 12.6. The number of ether oxygens (including phenoxy) is 4. The first-order valence-electron chi connectivity index (χ1n) is 9.57. The first-order valence-corrected chi connectivity index (χ1v) is 9.57. The molecule has 7 nitrogen and oxygen atoms in total. The van der Waals surface area contributed by atoms with E-state index in [1.54, 1.807) is 34.5 Å². The standard InChI is InChI=1S/C22H28N2O5/c1-26-17-7-8-18-15(10-17)6-5-9-24(18)14-22(25)23-13-16-11-20(28-3)21(29-4)12-19(16)27-2/h7-8,10-12H,5-6,9,13-14H2,1-4H3,(H,23,25). The van der Waals surface area contributed by atoms with Gasteiger partial charge in [-0.15, -0.1) is 0 Å². The van der Waals surface area contributed by atoms with Crippen molar-refractivity contribution in [3.8, 4) is 23.0 Å². The molecule has 0 bridgehead atoms. The Morgan fingerprint density at radius 1 is 0.966 bits per heavy atom. The number of rotatable bonds is 8. The summed E-state index contributed by atoms with van der Waals surface area (Å²) >= 11 is 0. The lowest BCUT2D eigenvalue weighted by atomic mass is 10.0. The molecule has 0 atom stereocenters. The van der Waals surface area contributed by atoms with Crippen LogP contribution in [0.4, 0.5) is 5.69 Å². The van der Waals surface area contributed by atoms with Gasteiger partial charge in [-0.1, -0.05) is 0 Å². The van der Waals surface area contributed by atoms with Gasteiger partial charge in [0, 0.05) is 30.4 Å². The van der Waals surface area contributed by atoms with Crippen molar-refractivity contribution in [3.05, 3.63) is 41.5 Å². The first-order chi connectivity index (χ1) is 14.1. The fourth-order valence-corrected chi connectivity index (χ4v) is 3.60. The number of carbonyl (C=O) groups excluding carboxylic acids is 1. The molecule has 1 aliphatic heterocycles. The predicted molar refractivity (Wildman–Crippen MR) is 111 cm³/mol. The lowest BCUT2D eigenvalue weighted by Crippen LogP contribution is -2.39. The van der Waals surface area contributed by atoms with Gasteiger partial charge < -0.3 is 29.2 Å². The highest BCUT2D eigenvalue weighted by Crippen LogP contribution is 2.34.